The summed E-state index contributed by atoms with van der Waals surface area (Å²) in [5, 5.41) is 10.00. The first-order chi connectivity index (χ1) is 35.2. The van der Waals surface area contributed by atoms with Crippen LogP contribution < -0.4 is 9.47 Å². The first-order valence-corrected chi connectivity index (χ1v) is 33.8. The summed E-state index contributed by atoms with van der Waals surface area (Å²) < 4.78 is 44.1. The largest absolute Gasteiger partial charge is 0.508 e. The minimum Gasteiger partial charge on any atom is -0.508 e. The summed E-state index contributed by atoms with van der Waals surface area (Å²) in [7, 11) is 1.80. The van der Waals surface area contributed by atoms with Crippen molar-refractivity contribution >= 4 is 63.9 Å². The zero-order valence-electron chi connectivity index (χ0n) is 50.3. The fourth-order valence-corrected chi connectivity index (χ4v) is 20.3. The van der Waals surface area contributed by atoms with E-state index in [0.717, 1.165) is 49.1 Å². The number of hydrogen-bond acceptors (Lipinski definition) is 9. The molecule has 3 aromatic rings. The van der Waals surface area contributed by atoms with Gasteiger partial charge in [-0.25, -0.2) is 0 Å². The molecule has 0 heterocycles. The van der Waals surface area contributed by atoms with E-state index < -0.39 is 16.1 Å². The van der Waals surface area contributed by atoms with E-state index in [1.165, 1.54) is 22.3 Å². The number of benzene rings is 3. The van der Waals surface area contributed by atoms with E-state index in [9.17, 15) is 0 Å². The van der Waals surface area contributed by atoms with E-state index in [1.807, 2.05) is 26.0 Å². The minimum absolute atomic E-state index is 0.332. The highest BCUT2D eigenvalue weighted by atomic mass is 79.9. The maximum absolute atomic E-state index is 9.10. The van der Waals surface area contributed by atoms with Crippen LogP contribution in [0.3, 0.4) is 0 Å². The van der Waals surface area contributed by atoms with Crippen LogP contribution in [0.4, 0.5) is 0 Å². The molecular formula is C61H101Br3O9Si2. The second-order valence-corrected chi connectivity index (χ2v) is 34.2. The second kappa shape index (κ2) is 41.8. The van der Waals surface area contributed by atoms with Crippen LogP contribution >= 0.6 is 47.8 Å². The maximum Gasteiger partial charge on any atom is 0.146 e. The number of halogens is 3. The molecule has 3 aromatic carbocycles. The van der Waals surface area contributed by atoms with Gasteiger partial charge in [0.05, 0.1) is 59.5 Å². The smallest absolute Gasteiger partial charge is 0.146 e. The Labute approximate surface area is 485 Å². The van der Waals surface area contributed by atoms with Gasteiger partial charge < -0.3 is 43.0 Å². The lowest BCUT2D eigenvalue weighted by atomic mass is 10.0. The first-order valence-electron chi connectivity index (χ1n) is 26.6. The van der Waals surface area contributed by atoms with E-state index in [4.69, 9.17) is 49.4 Å². The molecule has 0 atom stereocenters. The zero-order chi connectivity index (χ0) is 57.9. The molecule has 0 aliphatic heterocycles. The third kappa shape index (κ3) is 28.0. The lowest BCUT2D eigenvalue weighted by Gasteiger charge is -2.38. The van der Waals surface area contributed by atoms with Gasteiger partial charge in [-0.05, 0) is 145 Å². The predicted molar refractivity (Wildman–Crippen MR) is 335 cm³/mol. The van der Waals surface area contributed by atoms with Gasteiger partial charge in [0, 0.05) is 41.2 Å². The highest BCUT2D eigenvalue weighted by Crippen LogP contribution is 2.42. The lowest BCUT2D eigenvalue weighted by Crippen LogP contribution is -2.43. The number of aryl methyl sites for hydroxylation is 6. The van der Waals surface area contributed by atoms with Crippen molar-refractivity contribution < 1.29 is 43.0 Å². The number of methoxy groups -OCH3 is 3. The first kappa shape index (κ1) is 74.9. The summed E-state index contributed by atoms with van der Waals surface area (Å²) in [6, 6.07) is 11.7. The van der Waals surface area contributed by atoms with Crippen LogP contribution in [0.1, 0.15) is 122 Å². The normalized spacial score (nSPS) is 11.2. The van der Waals surface area contributed by atoms with Gasteiger partial charge in [-0.3, -0.25) is 0 Å². The van der Waals surface area contributed by atoms with Crippen LogP contribution in [0, 0.1) is 65.0 Å². The van der Waals surface area contributed by atoms with Crippen LogP contribution in [-0.4, -0.2) is 121 Å². The monoisotopic (exact) mass is 1270 g/mol. The number of terminal acetylenes is 1. The van der Waals surface area contributed by atoms with Crippen molar-refractivity contribution in [3.63, 3.8) is 0 Å². The van der Waals surface area contributed by atoms with Gasteiger partial charge in [0.25, 0.3) is 0 Å². The SMILES string of the molecule is C#C[Si](C(C)C)(C(C)C)C(C)C.COCCOCCBr.COCCOCCOc1cc(C)c(Br)c(C)c1.COCCOCCOc1cc(C)c(C#C[Si](C(C)C)(C(C)C)C(C)C)c(C)c1.Cc1cc(O)cc(C)c1Br. The Morgan fingerprint density at radius 3 is 1.03 bits per heavy atom. The van der Waals surface area contributed by atoms with Crippen molar-refractivity contribution in [1.82, 2.24) is 0 Å². The van der Waals surface area contributed by atoms with Gasteiger partial charge in [0.15, 0.2) is 0 Å². The summed E-state index contributed by atoms with van der Waals surface area (Å²) in [6.07, 6.45) is 5.72. The Morgan fingerprint density at radius 1 is 0.453 bits per heavy atom. The molecule has 0 aliphatic rings. The Bertz CT molecular complexity index is 1990. The van der Waals surface area contributed by atoms with E-state index >= 15 is 0 Å². The van der Waals surface area contributed by atoms with Crippen molar-refractivity contribution in [2.45, 2.75) is 158 Å². The molecule has 3 rings (SSSR count). The van der Waals surface area contributed by atoms with Crippen molar-refractivity contribution in [3.8, 4) is 40.7 Å². The molecular weight excluding hydrogens is 1170 g/mol. The molecule has 0 amide bonds. The Hall–Kier alpha value is -2.19. The van der Waals surface area contributed by atoms with Crippen LogP contribution in [0.25, 0.3) is 0 Å². The van der Waals surface area contributed by atoms with E-state index in [2.05, 4.69) is 188 Å². The number of ether oxygens (including phenoxy) is 8. The summed E-state index contributed by atoms with van der Waals surface area (Å²) in [5.74, 6) is 5.71. The molecule has 14 heteroatoms. The Kier molecular flexibility index (Phi) is 41.7. The number of rotatable bonds is 25. The van der Waals surface area contributed by atoms with Crippen LogP contribution in [0.15, 0.2) is 45.3 Å². The molecule has 0 saturated carbocycles. The molecule has 0 saturated heterocycles. The highest BCUT2D eigenvalue weighted by molar-refractivity contribution is 9.11. The standard InChI is InChI=1S/C24H40O3Si.C13H19BrO3.C11H22Si.C8H9BrO.C5H11BrO2/c1-18(2)28(19(3)4,20(5)6)15-10-24-21(7)16-23(17-22(24)8)27-14-13-26-12-11-25-9;1-10-8-12(9-11(2)13(10)14)17-7-6-16-5-4-15-3;1-8-12(9(2)3,10(4)5)11(6)7;1-5-3-7(10)4-6(2)8(5)9;1-7-4-5-8-3-2-6/h16-20H,11-14H2,1-9H3;8-9H,4-7H2,1-3H3;1,9-11H,2-7H3;3-4,10H,1-2H3;2-5H2,1H3. The predicted octanol–water partition coefficient (Wildman–Crippen LogP) is 16.7. The summed E-state index contributed by atoms with van der Waals surface area (Å²) in [5.41, 5.74) is 19.0. The zero-order valence-corrected chi connectivity index (χ0v) is 57.1. The summed E-state index contributed by atoms with van der Waals surface area (Å²) >= 11 is 10.2. The van der Waals surface area contributed by atoms with Crippen LogP contribution in [0.2, 0.25) is 33.2 Å². The van der Waals surface area contributed by atoms with Crippen molar-refractivity contribution in [1.29, 1.82) is 0 Å². The third-order valence-corrected chi connectivity index (χ3v) is 28.6. The third-order valence-electron chi connectivity index (χ3n) is 13.2. The van der Waals surface area contributed by atoms with Gasteiger partial charge >= 0.3 is 0 Å². The van der Waals surface area contributed by atoms with Gasteiger partial charge in [0.2, 0.25) is 0 Å². The Morgan fingerprint density at radius 2 is 0.747 bits per heavy atom. The number of phenols is 1. The van der Waals surface area contributed by atoms with Crippen molar-refractivity contribution in [2.24, 2.45) is 0 Å². The summed E-state index contributed by atoms with van der Waals surface area (Å²) in [6.45, 7) is 46.9. The fraction of sp³-hybridized carbons (Fsp3) is 0.639. The lowest BCUT2D eigenvalue weighted by molar-refractivity contribution is 0.0544. The van der Waals surface area contributed by atoms with Crippen molar-refractivity contribution in [3.05, 3.63) is 84.3 Å². The molecule has 0 aromatic heterocycles. The molecule has 0 fully saturated rings. The topological polar surface area (TPSA) is 94.1 Å². The molecule has 0 bridgehead atoms. The van der Waals surface area contributed by atoms with Gasteiger partial charge in [-0.15, -0.1) is 17.5 Å². The highest BCUT2D eigenvalue weighted by Gasteiger charge is 2.42. The average Bonchev–Trinajstić information content (AvgIpc) is 3.32. The fourth-order valence-electron chi connectivity index (χ4n) is 9.45. The molecule has 1 N–H and O–H groups in total. The molecule has 428 valence electrons. The van der Waals surface area contributed by atoms with E-state index in [0.29, 0.717) is 105 Å². The second-order valence-electron chi connectivity index (χ2n) is 20.6. The molecule has 0 spiro atoms. The van der Waals surface area contributed by atoms with Crippen molar-refractivity contribution in [2.75, 3.05) is 99.3 Å². The molecule has 75 heavy (non-hydrogen) atoms. The minimum atomic E-state index is -1.73. The van der Waals surface area contributed by atoms with E-state index in [-0.39, 0.29) is 0 Å². The van der Waals surface area contributed by atoms with Gasteiger partial charge in [-0.2, -0.15) is 0 Å². The molecule has 0 radical (unpaired) electrons. The Balaban J connectivity index is 0. The van der Waals surface area contributed by atoms with Gasteiger partial charge in [-0.1, -0.05) is 137 Å². The average molecular weight is 1270 g/mol. The van der Waals surface area contributed by atoms with Crippen LogP contribution in [0.5, 0.6) is 17.2 Å². The van der Waals surface area contributed by atoms with Gasteiger partial charge in [0.1, 0.15) is 46.6 Å². The number of alkyl halides is 1. The number of hydrogen-bond donors (Lipinski definition) is 1. The number of aromatic hydroxyl groups is 1. The van der Waals surface area contributed by atoms with Crippen LogP contribution in [-0.2, 0) is 28.4 Å². The maximum atomic E-state index is 9.10. The molecule has 0 aliphatic carbocycles. The molecule has 0 unspecified atom stereocenters. The van der Waals surface area contributed by atoms with E-state index in [1.54, 1.807) is 33.5 Å². The molecule has 9 nitrogen and oxygen atoms in total. The summed E-state index contributed by atoms with van der Waals surface area (Å²) in [4.78, 5) is 0. The quantitative estimate of drug-likeness (QED) is 0.0385. The number of phenolic OH excluding ortho intramolecular Hbond substituents is 1.